The molecule has 0 unspecified atom stereocenters. The first-order valence-electron chi connectivity index (χ1n) is 10.1. The Balaban J connectivity index is 1.27. The number of rotatable bonds is 6. The predicted molar refractivity (Wildman–Crippen MR) is 121 cm³/mol. The average molecular weight is 458 g/mol. The second-order valence-corrected chi connectivity index (χ2v) is 9.25. The molecule has 0 aliphatic carbocycles. The fourth-order valence-electron chi connectivity index (χ4n) is 3.39. The van der Waals surface area contributed by atoms with Crippen LogP contribution in [0.25, 0.3) is 16.7 Å². The van der Waals surface area contributed by atoms with E-state index in [4.69, 9.17) is 4.42 Å². The molecule has 0 aliphatic heterocycles. The summed E-state index contributed by atoms with van der Waals surface area (Å²) in [5.41, 5.74) is 2.06. The van der Waals surface area contributed by atoms with Crippen LogP contribution in [0.2, 0.25) is 0 Å². The normalized spacial score (nSPS) is 11.5. The molecule has 0 spiro atoms. The summed E-state index contributed by atoms with van der Waals surface area (Å²) in [6.45, 7) is 0.229. The van der Waals surface area contributed by atoms with Gasteiger partial charge in [0.1, 0.15) is 0 Å². The Hall–Kier alpha value is -4.24. The highest BCUT2D eigenvalue weighted by molar-refractivity contribution is 7.91. The van der Waals surface area contributed by atoms with Crippen molar-refractivity contribution in [3.63, 3.8) is 0 Å². The van der Waals surface area contributed by atoms with Crippen LogP contribution in [0.1, 0.15) is 16.1 Å². The SMILES string of the molecule is O=C(NCc1ccc(S(=O)(=O)c2ccc(-n3cccn3)cc2)cc1)c1cc2ccncc2o1. The number of fused-ring (bicyclic) bond motifs is 1. The van der Waals surface area contributed by atoms with Crippen molar-refractivity contribution in [2.24, 2.45) is 0 Å². The van der Waals surface area contributed by atoms with E-state index in [-0.39, 0.29) is 28.0 Å². The second kappa shape index (κ2) is 8.36. The number of amides is 1. The third kappa shape index (κ3) is 4.13. The lowest BCUT2D eigenvalue weighted by Gasteiger charge is -2.08. The van der Waals surface area contributed by atoms with Crippen molar-refractivity contribution in [3.05, 3.63) is 103 Å². The van der Waals surface area contributed by atoms with Gasteiger partial charge in [-0.15, -0.1) is 0 Å². The van der Waals surface area contributed by atoms with Crippen LogP contribution in [0.3, 0.4) is 0 Å². The minimum absolute atomic E-state index is 0.175. The molecule has 0 fully saturated rings. The minimum Gasteiger partial charge on any atom is -0.449 e. The van der Waals surface area contributed by atoms with Crippen LogP contribution in [0.4, 0.5) is 0 Å². The molecule has 1 amide bonds. The predicted octanol–water partition coefficient (Wildman–Crippen LogP) is 3.78. The van der Waals surface area contributed by atoms with Crippen LogP contribution < -0.4 is 5.32 Å². The molecule has 2 aromatic carbocycles. The van der Waals surface area contributed by atoms with Crippen molar-refractivity contribution in [1.82, 2.24) is 20.1 Å². The molecule has 8 nitrogen and oxygen atoms in total. The van der Waals surface area contributed by atoms with E-state index in [1.54, 1.807) is 84.1 Å². The first-order valence-corrected chi connectivity index (χ1v) is 11.5. The van der Waals surface area contributed by atoms with Crippen LogP contribution in [0.15, 0.2) is 106 Å². The van der Waals surface area contributed by atoms with Crippen molar-refractivity contribution < 1.29 is 17.6 Å². The van der Waals surface area contributed by atoms with Crippen molar-refractivity contribution in [2.75, 3.05) is 0 Å². The van der Waals surface area contributed by atoms with Crippen molar-refractivity contribution in [1.29, 1.82) is 0 Å². The third-order valence-electron chi connectivity index (χ3n) is 5.15. The zero-order valence-corrected chi connectivity index (χ0v) is 18.1. The van der Waals surface area contributed by atoms with E-state index in [1.165, 1.54) is 12.1 Å². The lowest BCUT2D eigenvalue weighted by Crippen LogP contribution is -2.22. The van der Waals surface area contributed by atoms with Crippen LogP contribution in [-0.4, -0.2) is 29.1 Å². The number of carbonyl (C=O) groups is 1. The van der Waals surface area contributed by atoms with E-state index < -0.39 is 9.84 Å². The zero-order chi connectivity index (χ0) is 22.8. The Morgan fingerprint density at radius 3 is 2.36 bits per heavy atom. The van der Waals surface area contributed by atoms with E-state index >= 15 is 0 Å². The molecule has 0 saturated carbocycles. The highest BCUT2D eigenvalue weighted by Crippen LogP contribution is 2.23. The highest BCUT2D eigenvalue weighted by atomic mass is 32.2. The van der Waals surface area contributed by atoms with Gasteiger partial charge in [-0.05, 0) is 60.2 Å². The number of hydrogen-bond acceptors (Lipinski definition) is 6. The summed E-state index contributed by atoms with van der Waals surface area (Å²) in [5.74, 6) is -0.170. The van der Waals surface area contributed by atoms with Crippen molar-refractivity contribution in [3.8, 4) is 5.69 Å². The van der Waals surface area contributed by atoms with Crippen LogP contribution in [0, 0.1) is 0 Å². The Labute approximate surface area is 189 Å². The van der Waals surface area contributed by atoms with Gasteiger partial charge in [-0.3, -0.25) is 9.78 Å². The van der Waals surface area contributed by atoms with Crippen molar-refractivity contribution >= 4 is 26.7 Å². The maximum absolute atomic E-state index is 13.0. The van der Waals surface area contributed by atoms with E-state index in [9.17, 15) is 13.2 Å². The van der Waals surface area contributed by atoms with Gasteiger partial charge in [-0.1, -0.05) is 12.1 Å². The molecule has 0 atom stereocenters. The smallest absolute Gasteiger partial charge is 0.287 e. The molecule has 5 rings (SSSR count). The van der Waals surface area contributed by atoms with Gasteiger partial charge >= 0.3 is 0 Å². The third-order valence-corrected chi connectivity index (χ3v) is 6.93. The lowest BCUT2D eigenvalue weighted by molar-refractivity contribution is 0.0925. The average Bonchev–Trinajstić information content (AvgIpc) is 3.53. The molecule has 0 aliphatic rings. The summed E-state index contributed by atoms with van der Waals surface area (Å²) in [7, 11) is -3.67. The van der Waals surface area contributed by atoms with Gasteiger partial charge < -0.3 is 9.73 Å². The summed E-state index contributed by atoms with van der Waals surface area (Å²) < 4.78 is 33.1. The summed E-state index contributed by atoms with van der Waals surface area (Å²) in [6.07, 6.45) is 6.62. The largest absolute Gasteiger partial charge is 0.449 e. The second-order valence-electron chi connectivity index (χ2n) is 7.30. The molecule has 33 heavy (non-hydrogen) atoms. The van der Waals surface area contributed by atoms with E-state index in [0.717, 1.165) is 16.6 Å². The Kier molecular flexibility index (Phi) is 5.23. The molecule has 0 saturated heterocycles. The molecule has 1 N–H and O–H groups in total. The zero-order valence-electron chi connectivity index (χ0n) is 17.3. The minimum atomic E-state index is -3.67. The molecular weight excluding hydrogens is 440 g/mol. The van der Waals surface area contributed by atoms with Gasteiger partial charge in [0.15, 0.2) is 11.3 Å². The first kappa shape index (κ1) is 20.7. The van der Waals surface area contributed by atoms with Gasteiger partial charge in [0.05, 0.1) is 21.7 Å². The molecule has 0 radical (unpaired) electrons. The monoisotopic (exact) mass is 458 g/mol. The number of furan rings is 1. The van der Waals surface area contributed by atoms with Crippen molar-refractivity contribution in [2.45, 2.75) is 16.3 Å². The molecule has 164 valence electrons. The number of benzene rings is 2. The first-order chi connectivity index (χ1) is 16.0. The summed E-state index contributed by atoms with van der Waals surface area (Å²) in [6, 6.07) is 18.2. The topological polar surface area (TPSA) is 107 Å². The van der Waals surface area contributed by atoms with Crippen LogP contribution in [-0.2, 0) is 16.4 Å². The fourth-order valence-corrected chi connectivity index (χ4v) is 4.65. The summed E-state index contributed by atoms with van der Waals surface area (Å²) >= 11 is 0. The van der Waals surface area contributed by atoms with Gasteiger partial charge in [0.25, 0.3) is 5.91 Å². The number of hydrogen-bond donors (Lipinski definition) is 1. The molecule has 5 aromatic rings. The number of nitrogens with one attached hydrogen (secondary N) is 1. The van der Waals surface area contributed by atoms with Crippen LogP contribution >= 0.6 is 0 Å². The standard InChI is InChI=1S/C24H18N4O4S/c29-24(22-14-18-10-12-25-16-23(18)32-22)26-15-17-2-6-20(7-3-17)33(30,31)21-8-4-19(5-9-21)28-13-1-11-27-28/h1-14,16H,15H2,(H,26,29). The summed E-state index contributed by atoms with van der Waals surface area (Å²) in [4.78, 5) is 16.7. The molecule has 3 aromatic heterocycles. The molecule has 3 heterocycles. The number of nitrogens with zero attached hydrogens (tertiary/aromatic N) is 3. The number of aromatic nitrogens is 3. The number of carbonyl (C=O) groups excluding carboxylic acids is 1. The Bertz CT molecular complexity index is 1490. The fraction of sp³-hybridized carbons (Fsp3) is 0.0417. The van der Waals surface area contributed by atoms with Crippen LogP contribution in [0.5, 0.6) is 0 Å². The van der Waals surface area contributed by atoms with Gasteiger partial charge in [0.2, 0.25) is 9.84 Å². The van der Waals surface area contributed by atoms with E-state index in [1.807, 2.05) is 0 Å². The number of sulfone groups is 1. The lowest BCUT2D eigenvalue weighted by atomic mass is 10.2. The summed E-state index contributed by atoms with van der Waals surface area (Å²) in [5, 5.41) is 7.70. The quantitative estimate of drug-likeness (QED) is 0.415. The van der Waals surface area contributed by atoms with Gasteiger partial charge in [-0.25, -0.2) is 13.1 Å². The van der Waals surface area contributed by atoms with Gasteiger partial charge in [-0.2, -0.15) is 5.10 Å². The Morgan fingerprint density at radius 1 is 0.970 bits per heavy atom. The number of pyridine rings is 1. The maximum Gasteiger partial charge on any atom is 0.287 e. The molecular formula is C24H18N4O4S. The van der Waals surface area contributed by atoms with Gasteiger partial charge in [0, 0.05) is 30.5 Å². The molecule has 0 bridgehead atoms. The van der Waals surface area contributed by atoms with E-state index in [2.05, 4.69) is 15.4 Å². The highest BCUT2D eigenvalue weighted by Gasteiger charge is 2.18. The molecule has 9 heteroatoms. The Morgan fingerprint density at radius 2 is 1.70 bits per heavy atom. The maximum atomic E-state index is 13.0. The van der Waals surface area contributed by atoms with E-state index in [0.29, 0.717) is 5.58 Å².